The highest BCUT2D eigenvalue weighted by Crippen LogP contribution is 2.58. The summed E-state index contributed by atoms with van der Waals surface area (Å²) in [6.07, 6.45) is 17.7. The van der Waals surface area contributed by atoms with E-state index in [0.717, 1.165) is 55.2 Å². The van der Waals surface area contributed by atoms with Gasteiger partial charge in [0.15, 0.2) is 0 Å². The largest absolute Gasteiger partial charge is 0.293 e. The van der Waals surface area contributed by atoms with E-state index >= 15 is 0 Å². The smallest absolute Gasteiger partial charge is 0.240 e. The lowest BCUT2D eigenvalue weighted by atomic mass is 9.53. The van der Waals surface area contributed by atoms with Gasteiger partial charge in [0.1, 0.15) is 5.84 Å². The molecule has 1 atom stereocenters. The Morgan fingerprint density at radius 1 is 0.765 bits per heavy atom. The number of nitrogens with zero attached hydrogens (tertiary/aromatic N) is 3. The maximum Gasteiger partial charge on any atom is 0.240 e. The quantitative estimate of drug-likeness (QED) is 0.539. The maximum atomic E-state index is 14.6. The summed E-state index contributed by atoms with van der Waals surface area (Å²) in [4.78, 5) is 25.2. The Hall–Kier alpha value is -1.68. The Kier molecular flexibility index (Phi) is 5.20. The third-order valence-electron chi connectivity index (χ3n) is 10.5. The maximum absolute atomic E-state index is 14.6. The number of anilines is 1. The first kappa shape index (κ1) is 21.6. The monoisotopic (exact) mass is 459 g/mol. The zero-order valence-corrected chi connectivity index (χ0v) is 20.8. The Morgan fingerprint density at radius 3 is 1.97 bits per heavy atom. The van der Waals surface area contributed by atoms with Crippen LogP contribution in [0.1, 0.15) is 89.9 Å². The van der Waals surface area contributed by atoms with Crippen LogP contribution in [0.15, 0.2) is 35.3 Å². The molecule has 7 aliphatic rings. The number of carbonyl (C=O) groups excluding carboxylic acids is 1. The molecule has 34 heavy (non-hydrogen) atoms. The molecule has 1 aromatic carbocycles. The summed E-state index contributed by atoms with van der Waals surface area (Å²) in [6, 6.07) is 10.7. The molecule has 0 N–H and O–H groups in total. The molecule has 7 fully saturated rings. The van der Waals surface area contributed by atoms with Crippen LogP contribution in [0.5, 0.6) is 0 Å². The lowest BCUT2D eigenvalue weighted by molar-refractivity contribution is -0.130. The fourth-order valence-electron chi connectivity index (χ4n) is 9.55. The van der Waals surface area contributed by atoms with E-state index in [2.05, 4.69) is 40.1 Å². The highest BCUT2D eigenvalue weighted by molar-refractivity contribution is 6.27. The van der Waals surface area contributed by atoms with E-state index in [1.165, 1.54) is 77.0 Å². The van der Waals surface area contributed by atoms with Gasteiger partial charge in [-0.3, -0.25) is 19.6 Å². The van der Waals surface area contributed by atoms with E-state index in [1.54, 1.807) is 0 Å². The molecule has 0 radical (unpaired) electrons. The van der Waals surface area contributed by atoms with Crippen LogP contribution < -0.4 is 4.90 Å². The second kappa shape index (κ2) is 8.18. The van der Waals surface area contributed by atoms with Crippen molar-refractivity contribution in [2.45, 2.75) is 101 Å². The Labute approximate surface area is 205 Å². The second-order valence-electron chi connectivity index (χ2n) is 12.8. The summed E-state index contributed by atoms with van der Waals surface area (Å²) in [6.45, 7) is 2.25. The Balaban J connectivity index is 1.38. The molecule has 182 valence electrons. The number of amidine groups is 1. The van der Waals surface area contributed by atoms with Crippen molar-refractivity contribution in [2.75, 3.05) is 18.0 Å². The molecule has 1 aromatic rings. The summed E-state index contributed by atoms with van der Waals surface area (Å²) in [5.74, 6) is 4.11. The molecule has 1 amide bonds. The van der Waals surface area contributed by atoms with Crippen molar-refractivity contribution in [3.63, 3.8) is 0 Å². The minimum absolute atomic E-state index is 0.0889. The fraction of sp³-hybridized carbons (Fsp3) is 0.733. The van der Waals surface area contributed by atoms with Gasteiger partial charge >= 0.3 is 0 Å². The van der Waals surface area contributed by atoms with Crippen LogP contribution >= 0.6 is 0 Å². The molecule has 0 aromatic heterocycles. The van der Waals surface area contributed by atoms with Gasteiger partial charge in [0.05, 0.1) is 22.7 Å². The highest BCUT2D eigenvalue weighted by atomic mass is 16.2. The number of aliphatic imine (C=N–C) groups is 1. The number of amides is 1. The van der Waals surface area contributed by atoms with Crippen LogP contribution in [0.3, 0.4) is 0 Å². The SMILES string of the molecule is O=C1N(c2ccccc2)C(=NC23CC4CC(CC(C4)C2)C3)C(N2CCCCC2)C12CCCCC2. The number of benzene rings is 1. The number of piperidine rings is 1. The van der Waals surface area contributed by atoms with Crippen molar-refractivity contribution in [2.24, 2.45) is 28.2 Å². The van der Waals surface area contributed by atoms with Gasteiger partial charge < -0.3 is 0 Å². The molecule has 2 heterocycles. The third kappa shape index (κ3) is 3.34. The van der Waals surface area contributed by atoms with E-state index < -0.39 is 0 Å². The summed E-state index contributed by atoms with van der Waals surface area (Å²) < 4.78 is 0. The van der Waals surface area contributed by atoms with E-state index in [0.29, 0.717) is 5.91 Å². The first-order valence-corrected chi connectivity index (χ1v) is 14.4. The first-order chi connectivity index (χ1) is 16.7. The number of hydrogen-bond acceptors (Lipinski definition) is 3. The lowest BCUT2D eigenvalue weighted by Gasteiger charge is -2.55. The van der Waals surface area contributed by atoms with E-state index in [1.807, 2.05) is 0 Å². The van der Waals surface area contributed by atoms with E-state index in [-0.39, 0.29) is 17.0 Å². The summed E-state index contributed by atoms with van der Waals surface area (Å²) >= 11 is 0. The Bertz CT molecular complexity index is 921. The molecular weight excluding hydrogens is 418 g/mol. The number of rotatable bonds is 3. The van der Waals surface area contributed by atoms with Gasteiger partial charge in [0.2, 0.25) is 5.91 Å². The van der Waals surface area contributed by atoms with Crippen molar-refractivity contribution in [3.05, 3.63) is 30.3 Å². The van der Waals surface area contributed by atoms with Crippen molar-refractivity contribution in [1.29, 1.82) is 0 Å². The zero-order valence-electron chi connectivity index (χ0n) is 20.8. The average molecular weight is 460 g/mol. The molecule has 5 aliphatic carbocycles. The van der Waals surface area contributed by atoms with Gasteiger partial charge in [-0.05, 0) is 107 Å². The average Bonchev–Trinajstić information content (AvgIpc) is 3.06. The summed E-state index contributed by atoms with van der Waals surface area (Å²) in [7, 11) is 0. The predicted molar refractivity (Wildman–Crippen MR) is 137 cm³/mol. The fourth-order valence-corrected chi connectivity index (χ4v) is 9.55. The second-order valence-corrected chi connectivity index (χ2v) is 12.8. The molecular formula is C30H41N3O. The highest BCUT2D eigenvalue weighted by Gasteiger charge is 2.61. The normalized spacial score (nSPS) is 40.5. The van der Waals surface area contributed by atoms with Crippen LogP contribution in [0.4, 0.5) is 5.69 Å². The molecule has 2 saturated heterocycles. The molecule has 8 rings (SSSR count). The van der Waals surface area contributed by atoms with Gasteiger partial charge in [0, 0.05) is 0 Å². The summed E-state index contributed by atoms with van der Waals surface area (Å²) in [5.41, 5.74) is 0.860. The van der Waals surface area contributed by atoms with Gasteiger partial charge in [0.25, 0.3) is 0 Å². The van der Waals surface area contributed by atoms with Gasteiger partial charge in [-0.1, -0.05) is 43.9 Å². The molecule has 1 spiro atoms. The molecule has 4 bridgehead atoms. The van der Waals surface area contributed by atoms with Gasteiger partial charge in [-0.25, -0.2) is 0 Å². The van der Waals surface area contributed by atoms with Gasteiger partial charge in [-0.2, -0.15) is 0 Å². The van der Waals surface area contributed by atoms with Crippen LogP contribution in [0.2, 0.25) is 0 Å². The summed E-state index contributed by atoms with van der Waals surface area (Å²) in [5, 5.41) is 0. The van der Waals surface area contributed by atoms with Gasteiger partial charge in [-0.15, -0.1) is 0 Å². The number of hydrogen-bond donors (Lipinski definition) is 0. The molecule has 1 unspecified atom stereocenters. The number of para-hydroxylation sites is 1. The van der Waals surface area contributed by atoms with Crippen LogP contribution in [0.25, 0.3) is 0 Å². The third-order valence-corrected chi connectivity index (χ3v) is 10.5. The predicted octanol–water partition coefficient (Wildman–Crippen LogP) is 6.21. The van der Waals surface area contributed by atoms with Crippen LogP contribution in [0, 0.1) is 23.2 Å². The van der Waals surface area contributed by atoms with Crippen LogP contribution in [-0.4, -0.2) is 41.3 Å². The zero-order chi connectivity index (χ0) is 22.8. The minimum atomic E-state index is -0.271. The van der Waals surface area contributed by atoms with Crippen molar-refractivity contribution in [1.82, 2.24) is 4.90 Å². The molecule has 2 aliphatic heterocycles. The van der Waals surface area contributed by atoms with Crippen molar-refractivity contribution < 1.29 is 4.79 Å². The standard InChI is InChI=1S/C30H41N3O/c34-28-30(12-6-2-7-13-30)26(32-14-8-3-9-15-32)27(33(28)25-10-4-1-5-11-25)31-29-19-22-16-23(20-29)18-24(17-22)21-29/h1,4-5,10-11,22-24,26H,2-3,6-9,12-21H2. The lowest BCUT2D eigenvalue weighted by Crippen LogP contribution is -2.54. The molecule has 5 saturated carbocycles. The van der Waals surface area contributed by atoms with Crippen LogP contribution in [-0.2, 0) is 4.79 Å². The van der Waals surface area contributed by atoms with Crippen molar-refractivity contribution >= 4 is 17.4 Å². The number of carbonyl (C=O) groups is 1. The topological polar surface area (TPSA) is 35.9 Å². The van der Waals surface area contributed by atoms with Crippen molar-refractivity contribution in [3.8, 4) is 0 Å². The Morgan fingerprint density at radius 2 is 1.35 bits per heavy atom. The first-order valence-electron chi connectivity index (χ1n) is 14.4. The minimum Gasteiger partial charge on any atom is -0.293 e. The molecule has 4 nitrogen and oxygen atoms in total. The van der Waals surface area contributed by atoms with E-state index in [9.17, 15) is 4.79 Å². The number of likely N-dealkylation sites (tertiary alicyclic amines) is 1. The van der Waals surface area contributed by atoms with E-state index in [4.69, 9.17) is 4.99 Å². The molecule has 4 heteroatoms.